The van der Waals surface area contributed by atoms with Gasteiger partial charge in [0.1, 0.15) is 0 Å². The van der Waals surface area contributed by atoms with E-state index in [0.717, 1.165) is 12.8 Å². The predicted molar refractivity (Wildman–Crippen MR) is 141 cm³/mol. The third kappa shape index (κ3) is 2.96. The normalized spacial score (nSPS) is 13.5. The lowest BCUT2D eigenvalue weighted by Gasteiger charge is -2.36. The Balaban J connectivity index is 1.42. The van der Waals surface area contributed by atoms with Crippen molar-refractivity contribution in [3.05, 3.63) is 144 Å². The Bertz CT molecular complexity index is 1330. The standard InChI is InChI=1S/C32H24N2/c1-5-16-29-23(10-1)20-24-11-2-6-17-30(24)33(29)27-14-9-15-28(22-27)34-31-18-7-3-12-25(31)21-26-13-4-8-19-32(26)34/h1-19,22H,20-21H2. The number of hydrogen-bond donors (Lipinski definition) is 0. The molecule has 0 fully saturated rings. The second-order valence-corrected chi connectivity index (χ2v) is 9.06. The van der Waals surface area contributed by atoms with Crippen molar-refractivity contribution in [1.82, 2.24) is 0 Å². The molecule has 0 saturated carbocycles. The summed E-state index contributed by atoms with van der Waals surface area (Å²) >= 11 is 0. The molecule has 2 heteroatoms. The zero-order valence-corrected chi connectivity index (χ0v) is 18.9. The summed E-state index contributed by atoms with van der Waals surface area (Å²) in [5.41, 5.74) is 12.8. The van der Waals surface area contributed by atoms with Gasteiger partial charge in [-0.3, -0.25) is 0 Å². The average Bonchev–Trinajstić information content (AvgIpc) is 2.90. The van der Waals surface area contributed by atoms with Gasteiger partial charge in [-0.15, -0.1) is 0 Å². The molecule has 0 spiro atoms. The Morgan fingerprint density at radius 1 is 0.353 bits per heavy atom. The van der Waals surface area contributed by atoms with Crippen molar-refractivity contribution in [2.75, 3.05) is 9.80 Å². The van der Waals surface area contributed by atoms with Crippen LogP contribution in [0.15, 0.2) is 121 Å². The van der Waals surface area contributed by atoms with Gasteiger partial charge >= 0.3 is 0 Å². The van der Waals surface area contributed by atoms with Gasteiger partial charge in [0.05, 0.1) is 0 Å². The summed E-state index contributed by atoms with van der Waals surface area (Å²) in [5.74, 6) is 0. The maximum absolute atomic E-state index is 2.42. The van der Waals surface area contributed by atoms with Crippen LogP contribution in [-0.2, 0) is 12.8 Å². The fourth-order valence-electron chi connectivity index (χ4n) is 5.51. The van der Waals surface area contributed by atoms with Crippen molar-refractivity contribution in [2.24, 2.45) is 0 Å². The minimum absolute atomic E-state index is 0.968. The number of benzene rings is 5. The molecule has 2 aliphatic heterocycles. The van der Waals surface area contributed by atoms with Crippen molar-refractivity contribution in [2.45, 2.75) is 12.8 Å². The maximum Gasteiger partial charge on any atom is 0.0497 e. The molecule has 0 N–H and O–H groups in total. The van der Waals surface area contributed by atoms with Gasteiger partial charge in [-0.25, -0.2) is 0 Å². The molecule has 0 amide bonds. The van der Waals surface area contributed by atoms with Crippen LogP contribution in [0, 0.1) is 0 Å². The average molecular weight is 437 g/mol. The van der Waals surface area contributed by atoms with E-state index >= 15 is 0 Å². The van der Waals surface area contributed by atoms with Crippen molar-refractivity contribution in [1.29, 1.82) is 0 Å². The lowest BCUT2D eigenvalue weighted by atomic mass is 9.94. The SMILES string of the molecule is c1cc(N2c3ccccc3Cc3ccccc32)cc(N2c3ccccc3Cc3ccccc32)c1. The Labute approximate surface area is 200 Å². The van der Waals surface area contributed by atoms with Crippen LogP contribution < -0.4 is 9.80 Å². The summed E-state index contributed by atoms with van der Waals surface area (Å²) in [4.78, 5) is 4.83. The summed E-state index contributed by atoms with van der Waals surface area (Å²) in [7, 11) is 0. The maximum atomic E-state index is 2.42. The van der Waals surface area contributed by atoms with Gasteiger partial charge in [0.15, 0.2) is 0 Å². The third-order valence-electron chi connectivity index (χ3n) is 7.04. The molecule has 7 rings (SSSR count). The number of para-hydroxylation sites is 4. The summed E-state index contributed by atoms with van der Waals surface area (Å²) in [6.07, 6.45) is 1.94. The van der Waals surface area contributed by atoms with E-state index in [1.165, 1.54) is 56.4 Å². The molecule has 0 aliphatic carbocycles. The number of hydrogen-bond acceptors (Lipinski definition) is 2. The second-order valence-electron chi connectivity index (χ2n) is 9.06. The van der Waals surface area contributed by atoms with E-state index in [2.05, 4.69) is 131 Å². The molecule has 0 saturated heterocycles. The molecule has 2 heterocycles. The summed E-state index contributed by atoms with van der Waals surface area (Å²) in [6, 6.07) is 44.0. The van der Waals surface area contributed by atoms with E-state index in [0.29, 0.717) is 0 Å². The predicted octanol–water partition coefficient (Wildman–Crippen LogP) is 8.43. The molecule has 5 aromatic rings. The van der Waals surface area contributed by atoms with Gasteiger partial charge < -0.3 is 9.80 Å². The number of rotatable bonds is 2. The highest BCUT2D eigenvalue weighted by atomic mass is 15.2. The first-order valence-corrected chi connectivity index (χ1v) is 11.9. The van der Waals surface area contributed by atoms with Gasteiger partial charge in [-0.1, -0.05) is 78.9 Å². The molecule has 2 nitrogen and oxygen atoms in total. The van der Waals surface area contributed by atoms with E-state index in [4.69, 9.17) is 0 Å². The van der Waals surface area contributed by atoms with E-state index in [-0.39, 0.29) is 0 Å². The van der Waals surface area contributed by atoms with Crippen molar-refractivity contribution in [3.63, 3.8) is 0 Å². The van der Waals surface area contributed by atoms with Gasteiger partial charge in [-0.05, 0) is 64.7 Å². The zero-order valence-electron chi connectivity index (χ0n) is 18.9. The first-order chi connectivity index (χ1) is 16.9. The molecule has 0 radical (unpaired) electrons. The summed E-state index contributed by atoms with van der Waals surface area (Å²) in [5, 5.41) is 0. The largest absolute Gasteiger partial charge is 0.310 e. The highest BCUT2D eigenvalue weighted by Crippen LogP contribution is 2.47. The van der Waals surface area contributed by atoms with Crippen LogP contribution in [0.2, 0.25) is 0 Å². The zero-order chi connectivity index (χ0) is 22.5. The third-order valence-corrected chi connectivity index (χ3v) is 7.04. The smallest absolute Gasteiger partial charge is 0.0497 e. The lowest BCUT2D eigenvalue weighted by molar-refractivity contribution is 1.08. The van der Waals surface area contributed by atoms with Crippen LogP contribution >= 0.6 is 0 Å². The Hall–Kier alpha value is -4.30. The summed E-state index contributed by atoms with van der Waals surface area (Å²) in [6.45, 7) is 0. The van der Waals surface area contributed by atoms with Gasteiger partial charge in [0.25, 0.3) is 0 Å². The van der Waals surface area contributed by atoms with E-state index in [1.807, 2.05) is 0 Å². The van der Waals surface area contributed by atoms with E-state index < -0.39 is 0 Å². The summed E-state index contributed by atoms with van der Waals surface area (Å²) < 4.78 is 0. The quantitative estimate of drug-likeness (QED) is 0.268. The minimum atomic E-state index is 0.968. The number of anilines is 6. The van der Waals surface area contributed by atoms with Crippen LogP contribution in [0.25, 0.3) is 0 Å². The van der Waals surface area contributed by atoms with E-state index in [1.54, 1.807) is 0 Å². The molecule has 2 aliphatic rings. The fourth-order valence-corrected chi connectivity index (χ4v) is 5.51. The highest BCUT2D eigenvalue weighted by molar-refractivity contribution is 5.88. The first kappa shape index (κ1) is 19.2. The topological polar surface area (TPSA) is 6.48 Å². The van der Waals surface area contributed by atoms with Crippen molar-refractivity contribution < 1.29 is 0 Å². The molecule has 0 unspecified atom stereocenters. The molecule has 34 heavy (non-hydrogen) atoms. The molecule has 0 bridgehead atoms. The van der Waals surface area contributed by atoms with E-state index in [9.17, 15) is 0 Å². The Morgan fingerprint density at radius 3 is 1.03 bits per heavy atom. The number of fused-ring (bicyclic) bond motifs is 4. The first-order valence-electron chi connectivity index (χ1n) is 11.9. The molecular formula is C32H24N2. The number of nitrogens with zero attached hydrogens (tertiary/aromatic N) is 2. The molecule has 0 aromatic heterocycles. The monoisotopic (exact) mass is 436 g/mol. The van der Waals surface area contributed by atoms with Crippen LogP contribution in [-0.4, -0.2) is 0 Å². The molecule has 0 atom stereocenters. The molecule has 5 aromatic carbocycles. The minimum Gasteiger partial charge on any atom is -0.310 e. The highest BCUT2D eigenvalue weighted by Gasteiger charge is 2.26. The fraction of sp³-hybridized carbons (Fsp3) is 0.0625. The van der Waals surface area contributed by atoms with Crippen molar-refractivity contribution >= 4 is 34.1 Å². The molecular weight excluding hydrogens is 412 g/mol. The van der Waals surface area contributed by atoms with Crippen LogP contribution in [0.5, 0.6) is 0 Å². The van der Waals surface area contributed by atoms with Crippen LogP contribution in [0.1, 0.15) is 22.3 Å². The Morgan fingerprint density at radius 2 is 0.676 bits per heavy atom. The van der Waals surface area contributed by atoms with Crippen molar-refractivity contribution in [3.8, 4) is 0 Å². The van der Waals surface area contributed by atoms with Gasteiger partial charge in [0.2, 0.25) is 0 Å². The lowest BCUT2D eigenvalue weighted by Crippen LogP contribution is -2.20. The van der Waals surface area contributed by atoms with Gasteiger partial charge in [0, 0.05) is 47.0 Å². The second kappa shape index (κ2) is 7.64. The van der Waals surface area contributed by atoms with Gasteiger partial charge in [-0.2, -0.15) is 0 Å². The Kier molecular flexibility index (Phi) is 4.31. The molecule has 162 valence electrons. The van der Waals surface area contributed by atoms with Crippen LogP contribution in [0.3, 0.4) is 0 Å². The van der Waals surface area contributed by atoms with Crippen LogP contribution in [0.4, 0.5) is 34.1 Å².